The Morgan fingerprint density at radius 3 is 2.69 bits per heavy atom. The number of hydrogen-bond donors (Lipinski definition) is 2. The summed E-state index contributed by atoms with van der Waals surface area (Å²) in [5, 5.41) is 4.15. The molecule has 70 valence electrons. The van der Waals surface area contributed by atoms with Gasteiger partial charge >= 0.3 is 0 Å². The van der Waals surface area contributed by atoms with E-state index in [1.54, 1.807) is 25.2 Å². The quantitative estimate of drug-likeness (QED) is 0.407. The molecule has 0 saturated carbocycles. The lowest BCUT2D eigenvalue weighted by atomic mass is 10.3. The van der Waals surface area contributed by atoms with Crippen LogP contribution in [-0.4, -0.2) is 17.2 Å². The van der Waals surface area contributed by atoms with Gasteiger partial charge in [0.25, 0.3) is 0 Å². The Balaban J connectivity index is 2.75. The number of thiocarbonyl (C=S) groups is 1. The summed E-state index contributed by atoms with van der Waals surface area (Å²) in [5.74, 6) is 4.99. The molecule has 0 saturated heterocycles. The minimum Gasteiger partial charge on any atom is -0.329 e. The number of rotatable bonds is 1. The van der Waals surface area contributed by atoms with Crippen molar-refractivity contribution >= 4 is 23.0 Å². The molecule has 0 heterocycles. The Bertz CT molecular complexity index is 314. The van der Waals surface area contributed by atoms with Gasteiger partial charge in [0.15, 0.2) is 5.11 Å². The number of hydrazine groups is 1. The molecular weight excluding hydrogens is 189 g/mol. The van der Waals surface area contributed by atoms with E-state index in [0.29, 0.717) is 5.69 Å². The van der Waals surface area contributed by atoms with Gasteiger partial charge in [-0.25, -0.2) is 10.2 Å². The van der Waals surface area contributed by atoms with Gasteiger partial charge in [-0.3, -0.25) is 5.01 Å². The largest absolute Gasteiger partial charge is 0.329 e. The molecule has 0 aliphatic rings. The summed E-state index contributed by atoms with van der Waals surface area (Å²) in [4.78, 5) is 0. The van der Waals surface area contributed by atoms with Crippen LogP contribution >= 0.6 is 12.2 Å². The fourth-order valence-corrected chi connectivity index (χ4v) is 0.876. The van der Waals surface area contributed by atoms with E-state index < -0.39 is 0 Å². The lowest BCUT2D eigenvalue weighted by molar-refractivity contribution is 0.547. The highest BCUT2D eigenvalue weighted by Gasteiger charge is 2.03. The van der Waals surface area contributed by atoms with Crippen LogP contribution in [0, 0.1) is 5.82 Å². The molecule has 0 aliphatic carbocycles. The SMILES string of the molecule is CN(N)C(=S)Nc1ccccc1F. The number of nitrogens with zero attached hydrogens (tertiary/aromatic N) is 1. The predicted octanol–water partition coefficient (Wildman–Crippen LogP) is 1.33. The van der Waals surface area contributed by atoms with Crippen LogP contribution < -0.4 is 11.2 Å². The Morgan fingerprint density at radius 2 is 2.15 bits per heavy atom. The Hall–Kier alpha value is -1.20. The Kier molecular flexibility index (Phi) is 3.16. The summed E-state index contributed by atoms with van der Waals surface area (Å²) in [6.07, 6.45) is 0. The number of hydrogen-bond acceptors (Lipinski definition) is 2. The minimum absolute atomic E-state index is 0.269. The summed E-state index contributed by atoms with van der Waals surface area (Å²) in [7, 11) is 1.58. The van der Waals surface area contributed by atoms with Crippen LogP contribution in [0.15, 0.2) is 24.3 Å². The number of nitrogens with two attached hydrogens (primary N) is 1. The summed E-state index contributed by atoms with van der Waals surface area (Å²) >= 11 is 4.84. The highest BCUT2D eigenvalue weighted by molar-refractivity contribution is 7.80. The molecule has 3 nitrogen and oxygen atoms in total. The molecule has 13 heavy (non-hydrogen) atoms. The van der Waals surface area contributed by atoms with E-state index in [1.807, 2.05) is 0 Å². The van der Waals surface area contributed by atoms with Crippen molar-refractivity contribution in [3.05, 3.63) is 30.1 Å². The van der Waals surface area contributed by atoms with E-state index in [-0.39, 0.29) is 10.9 Å². The van der Waals surface area contributed by atoms with Gasteiger partial charge in [0.05, 0.1) is 5.69 Å². The van der Waals surface area contributed by atoms with Gasteiger partial charge in [0, 0.05) is 7.05 Å². The summed E-state index contributed by atoms with van der Waals surface area (Å²) in [6, 6.07) is 6.26. The lowest BCUT2D eigenvalue weighted by Gasteiger charge is -2.15. The van der Waals surface area contributed by atoms with Gasteiger partial charge in [-0.1, -0.05) is 12.1 Å². The maximum absolute atomic E-state index is 13.0. The second-order valence-electron chi connectivity index (χ2n) is 2.52. The van der Waals surface area contributed by atoms with Crippen LogP contribution in [0.2, 0.25) is 0 Å². The average molecular weight is 199 g/mol. The first-order valence-corrected chi connectivity index (χ1v) is 4.06. The van der Waals surface area contributed by atoms with Crippen LogP contribution in [0.3, 0.4) is 0 Å². The molecule has 1 aromatic carbocycles. The third kappa shape index (κ3) is 2.64. The van der Waals surface area contributed by atoms with Gasteiger partial charge < -0.3 is 5.32 Å². The maximum atomic E-state index is 13.0. The summed E-state index contributed by atoms with van der Waals surface area (Å²) in [6.45, 7) is 0. The second kappa shape index (κ2) is 4.15. The molecule has 0 atom stereocenters. The topological polar surface area (TPSA) is 41.3 Å². The normalized spacial score (nSPS) is 9.46. The van der Waals surface area contributed by atoms with E-state index in [2.05, 4.69) is 5.32 Å². The van der Waals surface area contributed by atoms with Crippen molar-refractivity contribution in [2.24, 2.45) is 5.84 Å². The van der Waals surface area contributed by atoms with E-state index in [9.17, 15) is 4.39 Å². The fourth-order valence-electron chi connectivity index (χ4n) is 0.766. The van der Waals surface area contributed by atoms with Crippen LogP contribution in [-0.2, 0) is 0 Å². The first-order valence-electron chi connectivity index (χ1n) is 3.65. The number of para-hydroxylation sites is 1. The van der Waals surface area contributed by atoms with Crippen molar-refractivity contribution in [1.29, 1.82) is 0 Å². The van der Waals surface area contributed by atoms with Crippen LogP contribution in [0.25, 0.3) is 0 Å². The molecule has 1 rings (SSSR count). The smallest absolute Gasteiger partial charge is 0.187 e. The number of halogens is 1. The molecule has 5 heteroatoms. The van der Waals surface area contributed by atoms with E-state index >= 15 is 0 Å². The summed E-state index contributed by atoms with van der Waals surface area (Å²) < 4.78 is 13.0. The van der Waals surface area contributed by atoms with Crippen molar-refractivity contribution < 1.29 is 4.39 Å². The molecule has 3 N–H and O–H groups in total. The molecule has 0 radical (unpaired) electrons. The van der Waals surface area contributed by atoms with Crippen molar-refractivity contribution in [3.8, 4) is 0 Å². The van der Waals surface area contributed by atoms with Gasteiger partial charge in [-0.2, -0.15) is 0 Å². The summed E-state index contributed by atoms with van der Waals surface area (Å²) in [5.41, 5.74) is 0.324. The number of anilines is 1. The molecular formula is C8H10FN3S. The molecule has 0 spiro atoms. The number of nitrogens with one attached hydrogen (secondary N) is 1. The lowest BCUT2D eigenvalue weighted by Crippen LogP contribution is -2.36. The predicted molar refractivity (Wildman–Crippen MR) is 54.6 cm³/mol. The first-order chi connectivity index (χ1) is 6.11. The monoisotopic (exact) mass is 199 g/mol. The highest BCUT2D eigenvalue weighted by Crippen LogP contribution is 2.12. The minimum atomic E-state index is -0.355. The number of benzene rings is 1. The van der Waals surface area contributed by atoms with Crippen LogP contribution in [0.4, 0.5) is 10.1 Å². The molecule has 0 aromatic heterocycles. The van der Waals surface area contributed by atoms with Gasteiger partial charge in [0.1, 0.15) is 5.82 Å². The van der Waals surface area contributed by atoms with E-state index in [0.717, 1.165) is 0 Å². The molecule has 0 bridgehead atoms. The Labute approximate surface area is 81.3 Å². The molecule has 0 fully saturated rings. The third-order valence-corrected chi connectivity index (χ3v) is 1.83. The third-order valence-electron chi connectivity index (χ3n) is 1.44. The molecule has 0 amide bonds. The van der Waals surface area contributed by atoms with Gasteiger partial charge in [0.2, 0.25) is 0 Å². The van der Waals surface area contributed by atoms with Crippen LogP contribution in [0.5, 0.6) is 0 Å². The van der Waals surface area contributed by atoms with E-state index in [1.165, 1.54) is 11.1 Å². The van der Waals surface area contributed by atoms with Crippen molar-refractivity contribution in [2.45, 2.75) is 0 Å². The zero-order valence-electron chi connectivity index (χ0n) is 7.12. The molecule has 0 unspecified atom stereocenters. The van der Waals surface area contributed by atoms with Gasteiger partial charge in [-0.15, -0.1) is 0 Å². The van der Waals surface area contributed by atoms with Crippen molar-refractivity contribution in [2.75, 3.05) is 12.4 Å². The second-order valence-corrected chi connectivity index (χ2v) is 2.91. The first kappa shape index (κ1) is 9.88. The average Bonchev–Trinajstić information content (AvgIpc) is 2.08. The fraction of sp³-hybridized carbons (Fsp3) is 0.125. The van der Waals surface area contributed by atoms with Crippen molar-refractivity contribution in [3.63, 3.8) is 0 Å². The maximum Gasteiger partial charge on any atom is 0.187 e. The standard InChI is InChI=1S/C8H10FN3S/c1-12(10)8(13)11-7-5-3-2-4-6(7)9/h2-5H,10H2,1H3,(H,11,13). The highest BCUT2D eigenvalue weighted by atomic mass is 32.1. The van der Waals surface area contributed by atoms with E-state index in [4.69, 9.17) is 18.1 Å². The zero-order valence-corrected chi connectivity index (χ0v) is 7.94. The molecule has 1 aromatic rings. The van der Waals surface area contributed by atoms with Gasteiger partial charge in [-0.05, 0) is 24.4 Å². The molecule has 0 aliphatic heterocycles. The van der Waals surface area contributed by atoms with Crippen LogP contribution in [0.1, 0.15) is 0 Å². The van der Waals surface area contributed by atoms with Crippen molar-refractivity contribution in [1.82, 2.24) is 5.01 Å². The Morgan fingerprint density at radius 1 is 1.54 bits per heavy atom. The zero-order chi connectivity index (χ0) is 9.84.